The number of methoxy groups -OCH3 is 2. The second kappa shape index (κ2) is 7.76. The standard InChI is InChI=1S/C19H14F6O4/c1-28-15(26)11-7-3-5-9-13(11)17(18(20,21)22,19(23,24)25)14-10-6-4-8-12(14)16(27)29-2/h3-10H,1-2H3. The Hall–Kier alpha value is -3.04. The number of carbonyl (C=O) groups is 2. The van der Waals surface area contributed by atoms with E-state index >= 15 is 0 Å². The third-order valence-corrected chi connectivity index (χ3v) is 4.32. The Bertz CT molecular complexity index is 842. The van der Waals surface area contributed by atoms with Crippen LogP contribution in [0.2, 0.25) is 0 Å². The minimum Gasteiger partial charge on any atom is -0.465 e. The van der Waals surface area contributed by atoms with Crippen LogP contribution >= 0.6 is 0 Å². The van der Waals surface area contributed by atoms with Gasteiger partial charge in [0, 0.05) is 0 Å². The van der Waals surface area contributed by atoms with Gasteiger partial charge < -0.3 is 9.47 Å². The Labute approximate surface area is 161 Å². The summed E-state index contributed by atoms with van der Waals surface area (Å²) in [4.78, 5) is 24.0. The van der Waals surface area contributed by atoms with Crippen LogP contribution in [0.1, 0.15) is 31.8 Å². The lowest BCUT2D eigenvalue weighted by molar-refractivity contribution is -0.288. The second-order valence-electron chi connectivity index (χ2n) is 5.82. The summed E-state index contributed by atoms with van der Waals surface area (Å²) in [6.07, 6.45) is -12.0. The molecule has 0 aromatic heterocycles. The molecule has 0 saturated carbocycles. The number of carbonyl (C=O) groups excluding carboxylic acids is 2. The molecule has 0 aliphatic rings. The Morgan fingerprint density at radius 2 is 0.966 bits per heavy atom. The van der Waals surface area contributed by atoms with E-state index in [9.17, 15) is 35.9 Å². The van der Waals surface area contributed by atoms with Crippen molar-refractivity contribution in [3.63, 3.8) is 0 Å². The number of ether oxygens (including phenoxy) is 2. The van der Waals surface area contributed by atoms with Gasteiger partial charge in [-0.2, -0.15) is 26.3 Å². The molecule has 0 radical (unpaired) electrons. The Morgan fingerprint density at radius 3 is 1.24 bits per heavy atom. The summed E-state index contributed by atoms with van der Waals surface area (Å²) < 4.78 is 94.6. The van der Waals surface area contributed by atoms with Crippen molar-refractivity contribution < 1.29 is 45.4 Å². The molecule has 2 rings (SSSR count). The van der Waals surface area contributed by atoms with Crippen molar-refractivity contribution >= 4 is 11.9 Å². The van der Waals surface area contributed by atoms with E-state index in [2.05, 4.69) is 9.47 Å². The maximum absolute atomic E-state index is 14.3. The van der Waals surface area contributed by atoms with Crippen LogP contribution in [-0.2, 0) is 14.9 Å². The first-order chi connectivity index (χ1) is 13.4. The minimum atomic E-state index is -5.99. The highest BCUT2D eigenvalue weighted by Crippen LogP contribution is 2.57. The van der Waals surface area contributed by atoms with E-state index in [1.807, 2.05) is 0 Å². The van der Waals surface area contributed by atoms with Gasteiger partial charge in [0.25, 0.3) is 0 Å². The van der Waals surface area contributed by atoms with Crippen LogP contribution in [0.5, 0.6) is 0 Å². The molecule has 0 N–H and O–H groups in total. The predicted octanol–water partition coefficient (Wildman–Crippen LogP) is 4.67. The number of esters is 2. The first kappa shape index (κ1) is 22.3. The predicted molar refractivity (Wildman–Crippen MR) is 88.5 cm³/mol. The van der Waals surface area contributed by atoms with Crippen LogP contribution in [0.3, 0.4) is 0 Å². The fourth-order valence-electron chi connectivity index (χ4n) is 3.11. The molecule has 0 aliphatic heterocycles. The van der Waals surface area contributed by atoms with Crippen LogP contribution in [0.25, 0.3) is 0 Å². The molecule has 4 nitrogen and oxygen atoms in total. The van der Waals surface area contributed by atoms with Crippen molar-refractivity contribution in [1.29, 1.82) is 0 Å². The molecule has 0 fully saturated rings. The van der Waals surface area contributed by atoms with E-state index in [0.29, 0.717) is 12.1 Å². The topological polar surface area (TPSA) is 52.6 Å². The molecule has 0 spiro atoms. The summed E-state index contributed by atoms with van der Waals surface area (Å²) in [5.41, 5.74) is -9.41. The number of rotatable bonds is 4. The Balaban J connectivity index is 3.12. The summed E-state index contributed by atoms with van der Waals surface area (Å²) in [6.45, 7) is 0. The largest absolute Gasteiger partial charge is 0.465 e. The van der Waals surface area contributed by atoms with Gasteiger partial charge in [-0.05, 0) is 23.3 Å². The zero-order valence-corrected chi connectivity index (χ0v) is 15.0. The number of benzene rings is 2. The van der Waals surface area contributed by atoms with Gasteiger partial charge in [0.2, 0.25) is 5.41 Å². The molecular weight excluding hydrogens is 406 g/mol. The van der Waals surface area contributed by atoms with Gasteiger partial charge in [-0.15, -0.1) is 0 Å². The van der Waals surface area contributed by atoms with Crippen molar-refractivity contribution in [3.8, 4) is 0 Å². The second-order valence-corrected chi connectivity index (χ2v) is 5.82. The number of hydrogen-bond acceptors (Lipinski definition) is 4. The number of halogens is 6. The average Bonchev–Trinajstić information content (AvgIpc) is 2.66. The monoisotopic (exact) mass is 420 g/mol. The zero-order valence-electron chi connectivity index (χ0n) is 15.0. The molecule has 2 aromatic carbocycles. The molecule has 0 amide bonds. The smallest absolute Gasteiger partial charge is 0.411 e. The highest BCUT2D eigenvalue weighted by atomic mass is 19.4. The number of alkyl halides is 6. The van der Waals surface area contributed by atoms with Gasteiger partial charge in [-0.1, -0.05) is 36.4 Å². The lowest BCUT2D eigenvalue weighted by atomic mass is 9.69. The number of hydrogen-bond donors (Lipinski definition) is 0. The minimum absolute atomic E-state index is 0.529. The average molecular weight is 420 g/mol. The first-order valence-electron chi connectivity index (χ1n) is 7.92. The van der Waals surface area contributed by atoms with Crippen LogP contribution < -0.4 is 0 Å². The molecule has 0 unspecified atom stereocenters. The molecule has 0 aliphatic carbocycles. The molecule has 2 aromatic rings. The van der Waals surface area contributed by atoms with Crippen LogP contribution in [0.4, 0.5) is 26.3 Å². The lowest BCUT2D eigenvalue weighted by Gasteiger charge is -2.39. The fourth-order valence-corrected chi connectivity index (χ4v) is 3.11. The van der Waals surface area contributed by atoms with Crippen LogP contribution in [-0.4, -0.2) is 38.5 Å². The van der Waals surface area contributed by atoms with Crippen molar-refractivity contribution in [1.82, 2.24) is 0 Å². The van der Waals surface area contributed by atoms with Gasteiger partial charge in [0.05, 0.1) is 25.3 Å². The van der Waals surface area contributed by atoms with E-state index in [4.69, 9.17) is 0 Å². The molecule has 0 atom stereocenters. The maximum Gasteiger partial charge on any atom is 0.411 e. The van der Waals surface area contributed by atoms with Gasteiger partial charge in [0.1, 0.15) is 0 Å². The zero-order chi connectivity index (χ0) is 22.0. The van der Waals surface area contributed by atoms with Crippen LogP contribution in [0.15, 0.2) is 48.5 Å². The molecule has 0 bridgehead atoms. The fraction of sp³-hybridized carbons (Fsp3) is 0.263. The van der Waals surface area contributed by atoms with Crippen molar-refractivity contribution in [3.05, 3.63) is 70.8 Å². The third-order valence-electron chi connectivity index (χ3n) is 4.32. The Kier molecular flexibility index (Phi) is 5.96. The van der Waals surface area contributed by atoms with Gasteiger partial charge >= 0.3 is 24.3 Å². The van der Waals surface area contributed by atoms with Crippen molar-refractivity contribution in [2.75, 3.05) is 14.2 Å². The van der Waals surface area contributed by atoms with Gasteiger partial charge in [-0.25, -0.2) is 9.59 Å². The highest BCUT2D eigenvalue weighted by molar-refractivity contribution is 5.94. The highest BCUT2D eigenvalue weighted by Gasteiger charge is 2.74. The molecule has 29 heavy (non-hydrogen) atoms. The van der Waals surface area contributed by atoms with Gasteiger partial charge in [0.15, 0.2) is 0 Å². The lowest BCUT2D eigenvalue weighted by Crippen LogP contribution is -2.56. The van der Waals surface area contributed by atoms with E-state index < -0.39 is 52.0 Å². The quantitative estimate of drug-likeness (QED) is 0.533. The van der Waals surface area contributed by atoms with Crippen molar-refractivity contribution in [2.45, 2.75) is 17.8 Å². The van der Waals surface area contributed by atoms with Crippen LogP contribution in [0, 0.1) is 0 Å². The van der Waals surface area contributed by atoms with E-state index in [-0.39, 0.29) is 0 Å². The van der Waals surface area contributed by atoms with Crippen molar-refractivity contribution in [2.24, 2.45) is 0 Å². The van der Waals surface area contributed by atoms with E-state index in [1.165, 1.54) is 0 Å². The van der Waals surface area contributed by atoms with E-state index in [0.717, 1.165) is 50.6 Å². The van der Waals surface area contributed by atoms with Gasteiger partial charge in [-0.3, -0.25) is 0 Å². The summed E-state index contributed by atoms with van der Waals surface area (Å²) >= 11 is 0. The normalized spacial score (nSPS) is 12.4. The SMILES string of the molecule is COC(=O)c1ccccc1C(c1ccccc1C(=O)OC)(C(F)(F)F)C(F)(F)F. The molecule has 10 heteroatoms. The third kappa shape index (κ3) is 3.54. The molecule has 156 valence electrons. The molecule has 0 saturated heterocycles. The summed E-state index contributed by atoms with van der Waals surface area (Å²) in [7, 11) is 1.65. The Morgan fingerprint density at radius 1 is 0.655 bits per heavy atom. The summed E-state index contributed by atoms with van der Waals surface area (Å²) in [5, 5.41) is 0. The molecular formula is C19H14F6O4. The summed E-state index contributed by atoms with van der Waals surface area (Å²) in [5.74, 6) is -2.79. The molecule has 0 heterocycles. The maximum atomic E-state index is 14.3. The first-order valence-corrected chi connectivity index (χ1v) is 7.92. The van der Waals surface area contributed by atoms with E-state index in [1.54, 1.807) is 0 Å². The summed E-state index contributed by atoms with van der Waals surface area (Å²) in [6, 6.07) is 6.67.